The molecule has 2 aliphatic heterocycles. The molecular weight excluding hydrogens is 506 g/mol. The molecule has 0 saturated carbocycles. The number of amides is 4. The van der Waals surface area contributed by atoms with Gasteiger partial charge in [0.05, 0.1) is 11.5 Å². The van der Waals surface area contributed by atoms with Crippen LogP contribution in [0, 0.1) is 17.2 Å². The number of hydrogen-bond acceptors (Lipinski definition) is 5. The Morgan fingerprint density at radius 1 is 1.10 bits per heavy atom. The summed E-state index contributed by atoms with van der Waals surface area (Å²) in [4.78, 5) is 56.2. The number of anilines is 2. The Hall–Kier alpha value is -4.71. The van der Waals surface area contributed by atoms with Crippen LogP contribution >= 0.6 is 0 Å². The van der Waals surface area contributed by atoms with Crippen molar-refractivity contribution in [2.75, 3.05) is 24.2 Å². The highest BCUT2D eigenvalue weighted by molar-refractivity contribution is 6.40. The summed E-state index contributed by atoms with van der Waals surface area (Å²) in [5, 5.41) is 17.3. The molecule has 0 bridgehead atoms. The van der Waals surface area contributed by atoms with E-state index in [-0.39, 0.29) is 31.2 Å². The molecule has 2 heterocycles. The van der Waals surface area contributed by atoms with Crippen LogP contribution in [0.15, 0.2) is 66.7 Å². The molecule has 0 radical (unpaired) electrons. The van der Waals surface area contributed by atoms with E-state index in [1.54, 1.807) is 18.2 Å². The summed E-state index contributed by atoms with van der Waals surface area (Å²) >= 11 is 0. The first-order chi connectivity index (χ1) is 19.2. The zero-order valence-corrected chi connectivity index (χ0v) is 22.7. The van der Waals surface area contributed by atoms with Gasteiger partial charge in [-0.1, -0.05) is 68.4 Å². The minimum Gasteiger partial charge on any atom is -0.325 e. The molecule has 40 heavy (non-hydrogen) atoms. The van der Waals surface area contributed by atoms with Crippen molar-refractivity contribution in [2.45, 2.75) is 44.2 Å². The van der Waals surface area contributed by atoms with Crippen molar-refractivity contribution in [3.8, 4) is 6.07 Å². The smallest absolute Gasteiger partial charge is 0.313 e. The summed E-state index contributed by atoms with van der Waals surface area (Å²) < 4.78 is 0. The van der Waals surface area contributed by atoms with Crippen LogP contribution in [0.2, 0.25) is 0 Å². The van der Waals surface area contributed by atoms with Crippen LogP contribution in [0.4, 0.5) is 11.4 Å². The standard InChI is InChI=1S/C31H31N5O4/c1-19(2)15-26(35(3)29(39)27(37)33-24-14-8-10-20-9-4-5-11-22(20)24)28(38)36-18-31(16-21(36)17-32)23-12-6-7-13-25(23)34-30(31)40/h4-14,19,21,26H,15-16,18H2,1-3H3,(H,33,37)(H,34,40)/t21?,26-,31-/m0/s1. The van der Waals surface area contributed by atoms with Crippen molar-refractivity contribution in [1.82, 2.24) is 9.80 Å². The van der Waals surface area contributed by atoms with Crippen molar-refractivity contribution in [3.63, 3.8) is 0 Å². The first kappa shape index (κ1) is 26.9. The molecule has 1 spiro atoms. The summed E-state index contributed by atoms with van der Waals surface area (Å²) in [5.74, 6) is -2.41. The average Bonchev–Trinajstić information content (AvgIpc) is 3.48. The van der Waals surface area contributed by atoms with Gasteiger partial charge in [0.15, 0.2) is 0 Å². The Morgan fingerprint density at radius 3 is 2.55 bits per heavy atom. The molecule has 1 fully saturated rings. The van der Waals surface area contributed by atoms with Gasteiger partial charge >= 0.3 is 11.8 Å². The largest absolute Gasteiger partial charge is 0.325 e. The van der Waals surface area contributed by atoms with E-state index in [0.29, 0.717) is 11.4 Å². The molecule has 2 N–H and O–H groups in total. The van der Waals surface area contributed by atoms with Gasteiger partial charge in [0.25, 0.3) is 0 Å². The molecule has 3 aromatic carbocycles. The summed E-state index contributed by atoms with van der Waals surface area (Å²) in [6, 6.07) is 20.6. The summed E-state index contributed by atoms with van der Waals surface area (Å²) in [7, 11) is 1.43. The van der Waals surface area contributed by atoms with Crippen LogP contribution < -0.4 is 10.6 Å². The van der Waals surface area contributed by atoms with Crippen LogP contribution in [0.1, 0.15) is 32.3 Å². The fraction of sp³-hybridized carbons (Fsp3) is 0.323. The summed E-state index contributed by atoms with van der Waals surface area (Å²) in [6.45, 7) is 3.86. The van der Waals surface area contributed by atoms with Crippen LogP contribution in [0.3, 0.4) is 0 Å². The van der Waals surface area contributed by atoms with Crippen LogP contribution in [0.25, 0.3) is 10.8 Å². The number of likely N-dealkylation sites (N-methyl/N-ethyl adjacent to an activating group) is 1. The lowest BCUT2D eigenvalue weighted by atomic mass is 9.80. The van der Waals surface area contributed by atoms with Crippen molar-refractivity contribution in [1.29, 1.82) is 5.26 Å². The predicted molar refractivity (Wildman–Crippen MR) is 151 cm³/mol. The van der Waals surface area contributed by atoms with Gasteiger partial charge in [-0.2, -0.15) is 5.26 Å². The zero-order valence-electron chi connectivity index (χ0n) is 22.7. The van der Waals surface area contributed by atoms with Gasteiger partial charge in [0.1, 0.15) is 12.1 Å². The Labute approximate surface area is 232 Å². The molecule has 1 unspecified atom stereocenters. The van der Waals surface area contributed by atoms with Crippen molar-refractivity contribution < 1.29 is 19.2 Å². The van der Waals surface area contributed by atoms with Gasteiger partial charge < -0.3 is 20.4 Å². The number of fused-ring (bicyclic) bond motifs is 3. The highest BCUT2D eigenvalue weighted by atomic mass is 16.2. The van der Waals surface area contributed by atoms with E-state index >= 15 is 0 Å². The Kier molecular flexibility index (Phi) is 7.03. The van der Waals surface area contributed by atoms with Gasteiger partial charge in [-0.05, 0) is 35.4 Å². The fourth-order valence-electron chi connectivity index (χ4n) is 5.86. The third-order valence-corrected chi connectivity index (χ3v) is 7.92. The number of rotatable bonds is 5. The Bertz CT molecular complexity index is 1560. The van der Waals surface area contributed by atoms with Gasteiger partial charge in [0, 0.05) is 36.8 Å². The van der Waals surface area contributed by atoms with E-state index in [4.69, 9.17) is 0 Å². The number of hydrogen-bond donors (Lipinski definition) is 2. The second-order valence-corrected chi connectivity index (χ2v) is 10.9. The van der Waals surface area contributed by atoms with E-state index in [2.05, 4.69) is 16.7 Å². The first-order valence-corrected chi connectivity index (χ1v) is 13.3. The van der Waals surface area contributed by atoms with Gasteiger partial charge in [-0.15, -0.1) is 0 Å². The van der Waals surface area contributed by atoms with E-state index in [9.17, 15) is 24.4 Å². The van der Waals surface area contributed by atoms with Crippen molar-refractivity contribution in [3.05, 3.63) is 72.3 Å². The van der Waals surface area contributed by atoms with Crippen LogP contribution in [-0.2, 0) is 24.6 Å². The average molecular weight is 538 g/mol. The number of likely N-dealkylation sites (tertiary alicyclic amines) is 1. The first-order valence-electron chi connectivity index (χ1n) is 13.3. The lowest BCUT2D eigenvalue weighted by Gasteiger charge is -2.33. The number of nitrogens with one attached hydrogen (secondary N) is 2. The third-order valence-electron chi connectivity index (χ3n) is 7.92. The predicted octanol–water partition coefficient (Wildman–Crippen LogP) is 3.67. The molecule has 0 aliphatic carbocycles. The quantitative estimate of drug-likeness (QED) is 0.481. The number of nitriles is 1. The molecule has 204 valence electrons. The highest BCUT2D eigenvalue weighted by Crippen LogP contribution is 2.46. The van der Waals surface area contributed by atoms with Crippen LogP contribution in [-0.4, -0.2) is 59.1 Å². The van der Waals surface area contributed by atoms with Gasteiger partial charge in [-0.3, -0.25) is 19.2 Å². The fourth-order valence-corrected chi connectivity index (χ4v) is 5.86. The van der Waals surface area contributed by atoms with Crippen molar-refractivity contribution >= 4 is 45.8 Å². The molecular formula is C31H31N5O4. The number of nitrogens with zero attached hydrogens (tertiary/aromatic N) is 3. The minimum atomic E-state index is -1.04. The maximum atomic E-state index is 14.0. The van der Waals surface area contributed by atoms with Gasteiger partial charge in [0.2, 0.25) is 11.8 Å². The molecule has 0 aromatic heterocycles. The maximum Gasteiger partial charge on any atom is 0.313 e. The number of benzene rings is 3. The minimum absolute atomic E-state index is 0.0120. The second kappa shape index (κ2) is 10.5. The molecule has 4 amide bonds. The van der Waals surface area contributed by atoms with E-state index < -0.39 is 35.2 Å². The summed E-state index contributed by atoms with van der Waals surface area (Å²) in [6.07, 6.45) is 0.443. The van der Waals surface area contributed by atoms with Crippen molar-refractivity contribution in [2.24, 2.45) is 5.92 Å². The van der Waals surface area contributed by atoms with E-state index in [0.717, 1.165) is 21.2 Å². The molecule has 2 aliphatic rings. The summed E-state index contributed by atoms with van der Waals surface area (Å²) in [5.41, 5.74) is 0.890. The number of carbonyl (C=O) groups is 4. The van der Waals surface area contributed by atoms with Gasteiger partial charge in [-0.25, -0.2) is 0 Å². The molecule has 5 rings (SSSR count). The van der Waals surface area contributed by atoms with Crippen LogP contribution in [0.5, 0.6) is 0 Å². The normalized spacial score (nSPS) is 20.2. The molecule has 9 nitrogen and oxygen atoms in total. The second-order valence-electron chi connectivity index (χ2n) is 10.9. The SMILES string of the molecule is CC(C)C[C@@H](C(=O)N1C[C@]2(CC1C#N)C(=O)Nc1ccccc12)N(C)C(=O)C(=O)Nc1cccc2ccccc12. The van der Waals surface area contributed by atoms with E-state index in [1.165, 1.54) is 11.9 Å². The maximum absolute atomic E-state index is 14.0. The Balaban J connectivity index is 1.40. The zero-order chi connectivity index (χ0) is 28.6. The lowest BCUT2D eigenvalue weighted by Crippen LogP contribution is -2.53. The highest BCUT2D eigenvalue weighted by Gasteiger charge is 2.56. The third kappa shape index (κ3) is 4.56. The number of carbonyl (C=O) groups excluding carboxylic acids is 4. The lowest BCUT2D eigenvalue weighted by molar-refractivity contribution is -0.149. The topological polar surface area (TPSA) is 123 Å². The number of para-hydroxylation sites is 1. The Morgan fingerprint density at radius 2 is 1.80 bits per heavy atom. The molecule has 3 atom stereocenters. The molecule has 9 heteroatoms. The van der Waals surface area contributed by atoms with E-state index in [1.807, 2.05) is 62.4 Å². The monoisotopic (exact) mass is 537 g/mol. The molecule has 1 saturated heterocycles. The molecule has 3 aromatic rings.